The third kappa shape index (κ3) is 4.42. The summed E-state index contributed by atoms with van der Waals surface area (Å²) < 4.78 is 4.89. The maximum atomic E-state index is 8.36. The fourth-order valence-corrected chi connectivity index (χ4v) is 0.922. The normalized spacial score (nSPS) is 9.50. The Morgan fingerprint density at radius 2 is 2.07 bits per heavy atom. The van der Waals surface area contributed by atoms with Crippen molar-refractivity contribution in [1.82, 2.24) is 0 Å². The molecule has 0 bridgehead atoms. The molecule has 0 aliphatic heterocycles. The molecule has 0 aromatic heterocycles. The summed E-state index contributed by atoms with van der Waals surface area (Å²) in [6, 6.07) is 9.10. The van der Waals surface area contributed by atoms with E-state index in [2.05, 4.69) is 17.2 Å². The minimum Gasteiger partial charge on any atom is -0.434 e. The van der Waals surface area contributed by atoms with Crippen LogP contribution in [0.2, 0.25) is 0 Å². The van der Waals surface area contributed by atoms with E-state index < -0.39 is 0 Å². The predicted octanol–water partition coefficient (Wildman–Crippen LogP) is 1.51. The van der Waals surface area contributed by atoms with Crippen molar-refractivity contribution in [3.05, 3.63) is 35.9 Å². The smallest absolute Gasteiger partial charge is 0.237 e. The van der Waals surface area contributed by atoms with Crippen molar-refractivity contribution in [2.75, 3.05) is 0 Å². The molecule has 0 N–H and O–H groups in total. The summed E-state index contributed by atoms with van der Waals surface area (Å²) in [7, 11) is 0. The summed E-state index contributed by atoms with van der Waals surface area (Å²) >= 11 is 4.50. The van der Waals surface area contributed by atoms with Crippen LogP contribution in [0.5, 0.6) is 0 Å². The van der Waals surface area contributed by atoms with Gasteiger partial charge in [0.1, 0.15) is 0 Å². The first kappa shape index (κ1) is 13.9. The Morgan fingerprint density at radius 1 is 1.43 bits per heavy atom. The van der Waals surface area contributed by atoms with Crippen LogP contribution in [0.25, 0.3) is 0 Å². The Hall–Kier alpha value is -0.0936. The molecular formula is C9H6KN2OS. The van der Waals surface area contributed by atoms with Gasteiger partial charge >= 0.3 is 0 Å². The molecule has 14 heavy (non-hydrogen) atoms. The molecule has 1 rings (SSSR count). The van der Waals surface area contributed by atoms with Gasteiger partial charge in [-0.2, -0.15) is 5.26 Å². The number of hydrogen-bond donors (Lipinski definition) is 0. The molecule has 0 saturated heterocycles. The summed E-state index contributed by atoms with van der Waals surface area (Å²) in [6.07, 6.45) is 1.65. The van der Waals surface area contributed by atoms with Gasteiger partial charge in [-0.25, -0.2) is 0 Å². The van der Waals surface area contributed by atoms with E-state index >= 15 is 0 Å². The second-order valence-electron chi connectivity index (χ2n) is 2.10. The van der Waals surface area contributed by atoms with E-state index in [0.717, 1.165) is 11.1 Å². The Morgan fingerprint density at radius 3 is 2.57 bits per heavy atom. The maximum Gasteiger partial charge on any atom is 0.237 e. The van der Waals surface area contributed by atoms with Crippen LogP contribution in [-0.2, 0) is 4.74 Å². The monoisotopic (exact) mass is 229 g/mol. The zero-order valence-electron chi connectivity index (χ0n) is 7.68. The Balaban J connectivity index is 0.00000169. The van der Waals surface area contributed by atoms with E-state index in [0.29, 0.717) is 0 Å². The van der Waals surface area contributed by atoms with Gasteiger partial charge in [0.15, 0.2) is 5.55 Å². The van der Waals surface area contributed by atoms with Crippen molar-refractivity contribution in [2.24, 2.45) is 4.99 Å². The first-order valence-corrected chi connectivity index (χ1v) is 3.98. The number of thiocarbonyl (C=S) groups is 1. The molecule has 0 atom stereocenters. The molecule has 0 aliphatic carbocycles. The van der Waals surface area contributed by atoms with Crippen molar-refractivity contribution < 1.29 is 4.74 Å². The van der Waals surface area contributed by atoms with Gasteiger partial charge in [-0.1, -0.05) is 18.2 Å². The molecule has 0 aliphatic rings. The molecule has 0 fully saturated rings. The van der Waals surface area contributed by atoms with Crippen LogP contribution >= 0.6 is 12.2 Å². The maximum absolute atomic E-state index is 8.36. The number of rotatable bonds is 2. The molecule has 0 saturated carbocycles. The number of hydrogen-bond acceptors (Lipinski definition) is 4. The molecule has 1 radical (unpaired) electrons. The average molecular weight is 229 g/mol. The fraction of sp³-hybridized carbons (Fsp3) is 0. The van der Waals surface area contributed by atoms with Gasteiger partial charge in [0, 0.05) is 56.9 Å². The fourth-order valence-electron chi connectivity index (χ4n) is 0.831. The molecule has 1 aromatic rings. The van der Waals surface area contributed by atoms with E-state index in [1.165, 1.54) is 0 Å². The van der Waals surface area contributed by atoms with Crippen molar-refractivity contribution in [2.45, 2.75) is 0 Å². The van der Waals surface area contributed by atoms with Crippen LogP contribution < -0.4 is 0 Å². The zero-order chi connectivity index (χ0) is 9.52. The van der Waals surface area contributed by atoms with E-state index in [9.17, 15) is 0 Å². The van der Waals surface area contributed by atoms with E-state index in [4.69, 9.17) is 10.00 Å². The molecular weight excluding hydrogens is 223 g/mol. The molecule has 0 spiro atoms. The van der Waals surface area contributed by atoms with Crippen molar-refractivity contribution in [3.63, 3.8) is 0 Å². The summed E-state index contributed by atoms with van der Waals surface area (Å²) in [6.45, 7) is 0. The van der Waals surface area contributed by atoms with Gasteiger partial charge in [-0.15, -0.1) is 4.99 Å². The Labute approximate surface area is 130 Å². The number of aliphatic imine (C=N–C) groups is 1. The zero-order valence-corrected chi connectivity index (χ0v) is 11.6. The summed E-state index contributed by atoms with van der Waals surface area (Å²) in [5.74, 6) is 0.220. The molecule has 0 unspecified atom stereocenters. The van der Waals surface area contributed by atoms with Gasteiger partial charge in [0.25, 0.3) is 0 Å². The predicted molar refractivity (Wildman–Crippen MR) is 59.1 cm³/mol. The van der Waals surface area contributed by atoms with E-state index in [1.54, 1.807) is 18.3 Å². The first-order valence-electron chi connectivity index (χ1n) is 3.51. The van der Waals surface area contributed by atoms with Gasteiger partial charge in [0.2, 0.25) is 12.1 Å². The first-order chi connectivity index (χ1) is 6.38. The number of nitriles is 1. The molecule has 3 nitrogen and oxygen atoms in total. The van der Waals surface area contributed by atoms with E-state index in [-0.39, 0.29) is 57.3 Å². The third-order valence-corrected chi connectivity index (χ3v) is 1.43. The number of nitrogens with zero attached hydrogens (tertiary/aromatic N) is 2. The van der Waals surface area contributed by atoms with Gasteiger partial charge in [-0.3, -0.25) is 0 Å². The van der Waals surface area contributed by atoms with Crippen LogP contribution in [0.3, 0.4) is 0 Å². The summed E-state index contributed by atoms with van der Waals surface area (Å²) in [5.41, 5.74) is 1.80. The second-order valence-corrected chi connectivity index (χ2v) is 2.29. The van der Waals surface area contributed by atoms with Crippen LogP contribution in [0.4, 0.5) is 0 Å². The van der Waals surface area contributed by atoms with Crippen molar-refractivity contribution >= 4 is 75.1 Å². The minimum absolute atomic E-state index is 0. The largest absolute Gasteiger partial charge is 0.434 e. The van der Waals surface area contributed by atoms with Crippen LogP contribution in [-0.4, -0.2) is 62.8 Å². The second kappa shape index (κ2) is 8.23. The van der Waals surface area contributed by atoms with Crippen LogP contribution in [0, 0.1) is 11.5 Å². The van der Waals surface area contributed by atoms with E-state index in [1.807, 2.05) is 18.2 Å². The van der Waals surface area contributed by atoms with Crippen LogP contribution in [0.15, 0.2) is 35.3 Å². The quantitative estimate of drug-likeness (QED) is 0.254. The molecule has 65 valence electrons. The van der Waals surface area contributed by atoms with Crippen molar-refractivity contribution in [3.8, 4) is 6.19 Å². The van der Waals surface area contributed by atoms with Crippen molar-refractivity contribution in [1.29, 1.82) is 5.26 Å². The van der Waals surface area contributed by atoms with Gasteiger partial charge < -0.3 is 4.74 Å². The standard InChI is InChI=1S/C9H6N2OS.K/c10-6-11-9(12-7-13)8-4-2-1-3-5-8;/h1-5,7H;. The number of ether oxygens (including phenoxy) is 1. The third-order valence-electron chi connectivity index (χ3n) is 1.33. The molecule has 5 heteroatoms. The van der Waals surface area contributed by atoms with Gasteiger partial charge in [-0.05, 0) is 24.4 Å². The van der Waals surface area contributed by atoms with Crippen LogP contribution in [0.1, 0.15) is 5.56 Å². The SMILES string of the molecule is N#CN=C(OC=S)c1ccccc1.[K]. The topological polar surface area (TPSA) is 45.4 Å². The Bertz CT molecular complexity index is 359. The van der Waals surface area contributed by atoms with Gasteiger partial charge in [0.05, 0.1) is 0 Å². The molecule has 0 amide bonds. The average Bonchev–Trinajstić information content (AvgIpc) is 2.19. The number of benzene rings is 1. The summed E-state index contributed by atoms with van der Waals surface area (Å²) in [5, 5.41) is 8.36. The minimum atomic E-state index is 0. The summed E-state index contributed by atoms with van der Waals surface area (Å²) in [4.78, 5) is 3.49. The molecule has 1 aromatic carbocycles. The molecule has 0 heterocycles. The Kier molecular flexibility index (Phi) is 8.18.